The third kappa shape index (κ3) is 2.82. The van der Waals surface area contributed by atoms with Crippen molar-refractivity contribution < 1.29 is 4.79 Å². The van der Waals surface area contributed by atoms with E-state index in [-0.39, 0.29) is 5.78 Å². The molecule has 9 aliphatic rings. The Morgan fingerprint density at radius 2 is 1.17 bits per heavy atom. The molecule has 252 valence electrons. The van der Waals surface area contributed by atoms with Gasteiger partial charge in [0.1, 0.15) is 0 Å². The first-order valence-corrected chi connectivity index (χ1v) is 20.4. The molecule has 1 spiro atoms. The van der Waals surface area contributed by atoms with E-state index < -0.39 is 0 Å². The van der Waals surface area contributed by atoms with Gasteiger partial charge < -0.3 is 4.40 Å². The van der Waals surface area contributed by atoms with E-state index >= 15 is 4.79 Å². The van der Waals surface area contributed by atoms with Crippen LogP contribution in [0.5, 0.6) is 0 Å². The lowest BCUT2D eigenvalue weighted by atomic mass is 9.56. The average molecular weight is 674 g/mol. The number of rotatable bonds is 1. The zero-order valence-corrected chi connectivity index (χ0v) is 29.3. The number of carbonyl (C=O) groups is 1. The van der Waals surface area contributed by atoms with Crippen LogP contribution in [0.1, 0.15) is 126 Å². The highest BCUT2D eigenvalue weighted by molar-refractivity contribution is 6.40. The van der Waals surface area contributed by atoms with Gasteiger partial charge in [0.2, 0.25) is 0 Å². The molecule has 3 aromatic carbocycles. The van der Waals surface area contributed by atoms with E-state index in [1.165, 1.54) is 130 Å². The fourth-order valence-electron chi connectivity index (χ4n) is 15.6. The summed E-state index contributed by atoms with van der Waals surface area (Å²) in [6.07, 6.45) is 17.8. The van der Waals surface area contributed by atoms with E-state index in [4.69, 9.17) is 9.97 Å². The van der Waals surface area contributed by atoms with E-state index in [9.17, 15) is 0 Å². The van der Waals surface area contributed by atoms with Crippen molar-refractivity contribution in [1.29, 1.82) is 0 Å². The Labute approximate surface area is 302 Å². The van der Waals surface area contributed by atoms with Crippen LogP contribution >= 0.6 is 0 Å². The molecule has 7 bridgehead atoms. The van der Waals surface area contributed by atoms with Crippen LogP contribution in [0.15, 0.2) is 67.0 Å². The molecule has 0 radical (unpaired) electrons. The van der Waals surface area contributed by atoms with E-state index in [1.807, 2.05) is 0 Å². The average Bonchev–Trinajstić information content (AvgIpc) is 3.88. The van der Waals surface area contributed by atoms with Crippen LogP contribution in [0.3, 0.4) is 0 Å². The van der Waals surface area contributed by atoms with Gasteiger partial charge in [-0.25, -0.2) is 0 Å². The summed E-state index contributed by atoms with van der Waals surface area (Å²) in [6.45, 7) is 0. The van der Waals surface area contributed by atoms with Crippen molar-refractivity contribution in [1.82, 2.24) is 14.4 Å². The Kier molecular flexibility index (Phi) is 4.49. The Morgan fingerprint density at radius 3 is 1.94 bits per heavy atom. The minimum absolute atomic E-state index is 0.197. The second kappa shape index (κ2) is 8.62. The maximum absolute atomic E-state index is 15.2. The first-order chi connectivity index (χ1) is 25.6. The first-order valence-electron chi connectivity index (χ1n) is 20.4. The highest BCUT2D eigenvalue weighted by atomic mass is 16.1. The Balaban J connectivity index is 1.20. The number of nitrogens with zero attached hydrogens (tertiary/aromatic N) is 3. The SMILES string of the molecule is O=C1c2ccccc2-c2c1c1c3c4c(ncc3n3c5cnc6c(c5c(c2-c2ccccc2)c13)C1CC2CC(CC6C2)C1)C1CC2CC3CC4CC23C1. The number of fused-ring (bicyclic) bond motifs is 16. The molecule has 9 aliphatic carbocycles. The largest absolute Gasteiger partial charge is 0.305 e. The Hall–Kier alpha value is -4.57. The number of ketones is 1. The van der Waals surface area contributed by atoms with Crippen LogP contribution < -0.4 is 0 Å². The first kappa shape index (κ1) is 27.1. The van der Waals surface area contributed by atoms with E-state index in [0.29, 0.717) is 29.1 Å². The Bertz CT molecular complexity index is 2830. The van der Waals surface area contributed by atoms with Crippen molar-refractivity contribution in [2.75, 3.05) is 0 Å². The van der Waals surface area contributed by atoms with Crippen molar-refractivity contribution in [2.45, 2.75) is 87.9 Å². The van der Waals surface area contributed by atoms with Gasteiger partial charge in [0.15, 0.2) is 5.78 Å². The lowest BCUT2D eigenvalue weighted by Crippen LogP contribution is -2.41. The summed E-state index contributed by atoms with van der Waals surface area (Å²) in [7, 11) is 0. The molecule has 0 saturated heterocycles. The smallest absolute Gasteiger partial charge is 0.195 e. The van der Waals surface area contributed by atoms with Crippen LogP contribution in [0.4, 0.5) is 0 Å². The zero-order valence-electron chi connectivity index (χ0n) is 29.3. The van der Waals surface area contributed by atoms with Crippen molar-refractivity contribution in [3.8, 4) is 22.3 Å². The maximum atomic E-state index is 15.2. The number of pyridine rings is 2. The molecular weight excluding hydrogens is 635 g/mol. The minimum Gasteiger partial charge on any atom is -0.305 e. The van der Waals surface area contributed by atoms with Crippen LogP contribution in [0.2, 0.25) is 0 Å². The van der Waals surface area contributed by atoms with E-state index in [0.717, 1.165) is 45.9 Å². The van der Waals surface area contributed by atoms with Crippen molar-refractivity contribution in [3.05, 3.63) is 101 Å². The third-order valence-corrected chi connectivity index (χ3v) is 17.0. The highest BCUT2D eigenvalue weighted by Crippen LogP contribution is 2.76. The fourth-order valence-corrected chi connectivity index (χ4v) is 15.6. The molecule has 7 unspecified atom stereocenters. The molecule has 7 atom stereocenters. The number of hydrogen-bond donors (Lipinski definition) is 0. The van der Waals surface area contributed by atoms with E-state index in [2.05, 4.69) is 71.4 Å². The molecule has 4 aromatic heterocycles. The van der Waals surface area contributed by atoms with Gasteiger partial charge in [-0.2, -0.15) is 0 Å². The molecule has 5 fully saturated rings. The highest BCUT2D eigenvalue weighted by Gasteiger charge is 2.66. The molecular formula is C48H39N3O. The molecule has 0 amide bonds. The number of aromatic nitrogens is 3. The molecule has 7 aromatic rings. The van der Waals surface area contributed by atoms with Crippen LogP contribution in [0.25, 0.3) is 60.3 Å². The van der Waals surface area contributed by atoms with Gasteiger partial charge in [0.05, 0.1) is 28.9 Å². The van der Waals surface area contributed by atoms with Crippen molar-refractivity contribution in [2.24, 2.45) is 29.1 Å². The maximum Gasteiger partial charge on any atom is 0.195 e. The lowest BCUT2D eigenvalue weighted by Gasteiger charge is -2.48. The van der Waals surface area contributed by atoms with Gasteiger partial charge in [-0.1, -0.05) is 54.6 Å². The zero-order chi connectivity index (χ0) is 33.4. The molecule has 52 heavy (non-hydrogen) atoms. The standard InChI is InChI=1S/C48H39N3O/c52-47-32-9-5-4-8-31(32)38-35(24-6-2-1-3-7-24)41-39-33(20-49-44-26-13-22-10-23(14-26)12-25(11-22)36(39)44)51-34-21-50-45-28-16-30-17-29-15-27(18-48(29,30)19-28)37(45)40(34)42(43(38)47)46(41)51/h1-9,20-23,25-30H,10-19H2. The number of carbonyl (C=O) groups excluding carboxylic acids is 1. The van der Waals surface area contributed by atoms with Gasteiger partial charge in [-0.05, 0) is 127 Å². The molecule has 0 aliphatic heterocycles. The topological polar surface area (TPSA) is 47.3 Å². The van der Waals surface area contributed by atoms with Crippen LogP contribution in [-0.2, 0) is 0 Å². The predicted octanol–water partition coefficient (Wildman–Crippen LogP) is 11.3. The molecule has 4 heterocycles. The lowest BCUT2D eigenvalue weighted by molar-refractivity contribution is 0.00321. The van der Waals surface area contributed by atoms with Crippen molar-refractivity contribution >= 4 is 43.9 Å². The van der Waals surface area contributed by atoms with Gasteiger partial charge in [-0.15, -0.1) is 0 Å². The third-order valence-electron chi connectivity index (χ3n) is 17.0. The minimum atomic E-state index is 0.197. The summed E-state index contributed by atoms with van der Waals surface area (Å²) in [5.41, 5.74) is 16.6. The van der Waals surface area contributed by atoms with Gasteiger partial charge in [-0.3, -0.25) is 14.8 Å². The quantitative estimate of drug-likeness (QED) is 0.174. The molecule has 0 N–H and O–H groups in total. The van der Waals surface area contributed by atoms with Gasteiger partial charge in [0, 0.05) is 67.0 Å². The predicted molar refractivity (Wildman–Crippen MR) is 205 cm³/mol. The normalized spacial score (nSPS) is 33.9. The second-order valence-electron chi connectivity index (χ2n) is 18.9. The molecule has 16 rings (SSSR count). The molecule has 4 nitrogen and oxygen atoms in total. The number of benzene rings is 3. The summed E-state index contributed by atoms with van der Waals surface area (Å²) >= 11 is 0. The second-order valence-corrected chi connectivity index (χ2v) is 18.9. The van der Waals surface area contributed by atoms with Crippen molar-refractivity contribution in [3.63, 3.8) is 0 Å². The van der Waals surface area contributed by atoms with Gasteiger partial charge in [0.25, 0.3) is 0 Å². The van der Waals surface area contributed by atoms with Gasteiger partial charge >= 0.3 is 0 Å². The summed E-state index contributed by atoms with van der Waals surface area (Å²) in [5, 5.41) is 5.36. The summed E-state index contributed by atoms with van der Waals surface area (Å²) in [6, 6.07) is 19.6. The summed E-state index contributed by atoms with van der Waals surface area (Å²) < 4.78 is 2.57. The Morgan fingerprint density at radius 1 is 0.558 bits per heavy atom. The summed E-state index contributed by atoms with van der Waals surface area (Å²) in [4.78, 5) is 26.2. The van der Waals surface area contributed by atoms with Crippen LogP contribution in [-0.4, -0.2) is 20.2 Å². The fraction of sp³-hybridized carbons (Fsp3) is 0.396. The monoisotopic (exact) mass is 673 g/mol. The molecule has 5 saturated carbocycles. The van der Waals surface area contributed by atoms with E-state index in [1.54, 1.807) is 5.56 Å². The number of hydrogen-bond acceptors (Lipinski definition) is 3. The summed E-state index contributed by atoms with van der Waals surface area (Å²) in [5.74, 6) is 5.82. The van der Waals surface area contributed by atoms with Crippen LogP contribution in [0, 0.1) is 29.1 Å². The molecule has 4 heteroatoms.